The minimum absolute atomic E-state index is 0.000458. The normalized spacial score (nSPS) is 13.2. The molecule has 0 N–H and O–H groups in total. The quantitative estimate of drug-likeness (QED) is 0.319. The summed E-state index contributed by atoms with van der Waals surface area (Å²) < 4.78 is 14.0. The molecule has 0 aromatic carbocycles. The summed E-state index contributed by atoms with van der Waals surface area (Å²) >= 11 is 0. The zero-order valence-corrected chi connectivity index (χ0v) is 11.2. The number of hydrogen-bond donors (Lipinski definition) is 0. The van der Waals surface area contributed by atoms with E-state index in [-0.39, 0.29) is 17.8 Å². The monoisotopic (exact) mass is 258 g/mol. The second-order valence-electron chi connectivity index (χ2n) is 3.74. The second kappa shape index (κ2) is 7.47. The number of allylic oxidation sites excluding steroid dienone is 1. The summed E-state index contributed by atoms with van der Waals surface area (Å²) in [7, 11) is 2.48. The summed E-state index contributed by atoms with van der Waals surface area (Å²) in [6, 6.07) is 0. The highest BCUT2D eigenvalue weighted by atomic mass is 16.5. The lowest BCUT2D eigenvalue weighted by Gasteiger charge is -2.15. The molecule has 0 aliphatic carbocycles. The topological polar surface area (TPSA) is 78.9 Å². The van der Waals surface area contributed by atoms with E-state index < -0.39 is 23.8 Å². The van der Waals surface area contributed by atoms with E-state index in [1.165, 1.54) is 28.1 Å². The molecule has 0 spiro atoms. The van der Waals surface area contributed by atoms with Gasteiger partial charge >= 0.3 is 17.9 Å². The van der Waals surface area contributed by atoms with E-state index >= 15 is 0 Å². The van der Waals surface area contributed by atoms with Gasteiger partial charge in [-0.1, -0.05) is 6.92 Å². The van der Waals surface area contributed by atoms with Crippen LogP contribution in [0.15, 0.2) is 11.3 Å². The van der Waals surface area contributed by atoms with Gasteiger partial charge in [0.25, 0.3) is 0 Å². The molecule has 6 nitrogen and oxygen atoms in total. The zero-order valence-electron chi connectivity index (χ0n) is 11.2. The third-order valence-corrected chi connectivity index (χ3v) is 2.27. The molecular weight excluding hydrogens is 240 g/mol. The number of methoxy groups -OCH3 is 2. The highest BCUT2D eigenvalue weighted by Gasteiger charge is 2.24. The third kappa shape index (κ3) is 4.99. The third-order valence-electron chi connectivity index (χ3n) is 2.27. The molecule has 0 aromatic rings. The molecular formula is C12H18O6. The second-order valence-corrected chi connectivity index (χ2v) is 3.74. The molecule has 18 heavy (non-hydrogen) atoms. The Morgan fingerprint density at radius 2 is 1.61 bits per heavy atom. The summed E-state index contributed by atoms with van der Waals surface area (Å²) in [4.78, 5) is 33.7. The van der Waals surface area contributed by atoms with Crippen LogP contribution in [0.4, 0.5) is 0 Å². The lowest BCUT2D eigenvalue weighted by molar-refractivity contribution is -0.141. The number of carbonyl (C=O) groups excluding carboxylic acids is 3. The molecule has 0 bridgehead atoms. The summed E-state index contributed by atoms with van der Waals surface area (Å²) in [5.74, 6) is -1.97. The van der Waals surface area contributed by atoms with Gasteiger partial charge in [-0.3, -0.25) is 9.59 Å². The zero-order chi connectivity index (χ0) is 14.3. The van der Waals surface area contributed by atoms with Crippen molar-refractivity contribution in [3.05, 3.63) is 11.3 Å². The van der Waals surface area contributed by atoms with Crippen molar-refractivity contribution in [1.82, 2.24) is 0 Å². The number of ether oxygens (including phenoxy) is 3. The Morgan fingerprint density at radius 3 is 2.00 bits per heavy atom. The van der Waals surface area contributed by atoms with E-state index in [0.717, 1.165) is 0 Å². The van der Waals surface area contributed by atoms with Crippen molar-refractivity contribution in [3.63, 3.8) is 0 Å². The van der Waals surface area contributed by atoms with E-state index in [2.05, 4.69) is 9.47 Å². The Bertz CT molecular complexity index is 369. The summed E-state index contributed by atoms with van der Waals surface area (Å²) in [5, 5.41) is 0. The van der Waals surface area contributed by atoms with Crippen molar-refractivity contribution in [1.29, 1.82) is 0 Å². The maximum atomic E-state index is 11.6. The minimum Gasteiger partial charge on any atom is -0.469 e. The highest BCUT2D eigenvalue weighted by molar-refractivity contribution is 5.90. The molecule has 1 atom stereocenters. The number of esters is 3. The minimum atomic E-state index is -0.634. The Balaban J connectivity index is 5.16. The fraction of sp³-hybridized carbons (Fsp3) is 0.583. The van der Waals surface area contributed by atoms with Gasteiger partial charge in [0.05, 0.1) is 26.2 Å². The van der Waals surface area contributed by atoms with E-state index in [4.69, 9.17) is 4.74 Å². The first-order valence-electron chi connectivity index (χ1n) is 5.37. The molecule has 0 fully saturated rings. The average Bonchev–Trinajstić information content (AvgIpc) is 2.27. The molecule has 6 heteroatoms. The van der Waals surface area contributed by atoms with Crippen LogP contribution in [0.3, 0.4) is 0 Å². The van der Waals surface area contributed by atoms with Gasteiger partial charge in [-0.25, -0.2) is 4.79 Å². The van der Waals surface area contributed by atoms with Crippen LogP contribution in [0.1, 0.15) is 27.2 Å². The van der Waals surface area contributed by atoms with Crippen molar-refractivity contribution in [2.75, 3.05) is 14.2 Å². The highest BCUT2D eigenvalue weighted by Crippen LogP contribution is 2.21. The maximum absolute atomic E-state index is 11.6. The summed E-state index contributed by atoms with van der Waals surface area (Å²) in [5.41, 5.74) is 0.151. The van der Waals surface area contributed by atoms with Gasteiger partial charge in [0.2, 0.25) is 0 Å². The van der Waals surface area contributed by atoms with E-state index in [1.54, 1.807) is 6.92 Å². The van der Waals surface area contributed by atoms with Gasteiger partial charge in [-0.05, 0) is 6.92 Å². The van der Waals surface area contributed by atoms with E-state index in [9.17, 15) is 14.4 Å². The van der Waals surface area contributed by atoms with E-state index in [1.807, 2.05) is 0 Å². The Morgan fingerprint density at radius 1 is 1.06 bits per heavy atom. The van der Waals surface area contributed by atoms with Gasteiger partial charge in [-0.2, -0.15) is 0 Å². The van der Waals surface area contributed by atoms with Crippen LogP contribution in [0.2, 0.25) is 0 Å². The van der Waals surface area contributed by atoms with Crippen LogP contribution in [0.25, 0.3) is 0 Å². The van der Waals surface area contributed by atoms with Gasteiger partial charge in [0.15, 0.2) is 0 Å². The van der Waals surface area contributed by atoms with Crippen LogP contribution >= 0.6 is 0 Å². The van der Waals surface area contributed by atoms with Gasteiger partial charge in [0.1, 0.15) is 5.76 Å². The van der Waals surface area contributed by atoms with Crippen LogP contribution in [-0.4, -0.2) is 32.1 Å². The van der Waals surface area contributed by atoms with E-state index in [0.29, 0.717) is 0 Å². The molecule has 0 saturated heterocycles. The Kier molecular flexibility index (Phi) is 6.70. The summed E-state index contributed by atoms with van der Waals surface area (Å²) in [6.45, 7) is 4.35. The number of rotatable bonds is 5. The lowest BCUT2D eigenvalue weighted by atomic mass is 9.96. The maximum Gasteiger partial charge on any atom is 0.337 e. The lowest BCUT2D eigenvalue weighted by Crippen LogP contribution is -2.19. The predicted molar refractivity (Wildman–Crippen MR) is 62.3 cm³/mol. The average molecular weight is 258 g/mol. The fourth-order valence-electron chi connectivity index (χ4n) is 1.51. The first-order valence-corrected chi connectivity index (χ1v) is 5.37. The molecule has 0 amide bonds. The van der Waals surface area contributed by atoms with Gasteiger partial charge in [0, 0.05) is 12.8 Å². The first-order chi connectivity index (χ1) is 8.33. The van der Waals surface area contributed by atoms with Crippen molar-refractivity contribution >= 4 is 17.9 Å². The van der Waals surface area contributed by atoms with Gasteiger partial charge < -0.3 is 14.2 Å². The molecule has 0 radical (unpaired) electrons. The predicted octanol–water partition coefficient (Wildman–Crippen LogP) is 1.20. The molecule has 102 valence electrons. The molecule has 0 rings (SSSR count). The van der Waals surface area contributed by atoms with Crippen molar-refractivity contribution in [2.24, 2.45) is 5.92 Å². The van der Waals surface area contributed by atoms with Crippen LogP contribution in [0.5, 0.6) is 0 Å². The van der Waals surface area contributed by atoms with Crippen LogP contribution in [-0.2, 0) is 28.6 Å². The number of hydrogen-bond acceptors (Lipinski definition) is 6. The largest absolute Gasteiger partial charge is 0.469 e. The Hall–Kier alpha value is -1.85. The SMILES string of the molecule is COC(=O)CC(C)/C(C(=O)OC)=C(\C)OC(C)=O. The van der Waals surface area contributed by atoms with Crippen molar-refractivity contribution in [2.45, 2.75) is 27.2 Å². The standard InChI is InChI=1S/C12H18O6/c1-7(6-10(14)16-4)11(12(15)17-5)8(2)18-9(3)13/h7H,6H2,1-5H3/b11-8-. The smallest absolute Gasteiger partial charge is 0.337 e. The van der Waals surface area contributed by atoms with Crippen LogP contribution in [0, 0.1) is 5.92 Å². The van der Waals surface area contributed by atoms with Crippen LogP contribution < -0.4 is 0 Å². The van der Waals surface area contributed by atoms with Gasteiger partial charge in [-0.15, -0.1) is 0 Å². The van der Waals surface area contributed by atoms with Crippen molar-refractivity contribution in [3.8, 4) is 0 Å². The Labute approximate surface area is 106 Å². The molecule has 0 aliphatic heterocycles. The molecule has 0 heterocycles. The molecule has 0 aromatic heterocycles. The molecule has 0 aliphatic rings. The molecule has 0 saturated carbocycles. The fourth-order valence-corrected chi connectivity index (χ4v) is 1.51. The van der Waals surface area contributed by atoms with Crippen molar-refractivity contribution < 1.29 is 28.6 Å². The molecule has 1 unspecified atom stereocenters. The first kappa shape index (κ1) is 16.1. The summed E-state index contributed by atoms with van der Waals surface area (Å²) in [6.07, 6.45) is -0.000458. The number of carbonyl (C=O) groups is 3.